The third kappa shape index (κ3) is 2.80. The number of nitrogens with zero attached hydrogens (tertiary/aromatic N) is 1. The molecule has 5 nitrogen and oxygen atoms in total. The highest BCUT2D eigenvalue weighted by atomic mass is 16.3. The average molecular weight is 249 g/mol. The molecule has 1 aromatic carbocycles. The summed E-state index contributed by atoms with van der Waals surface area (Å²) in [5, 5.41) is 12.9. The van der Waals surface area contributed by atoms with Gasteiger partial charge in [0.25, 0.3) is 0 Å². The predicted octanol–water partition coefficient (Wildman–Crippen LogP) is -0.306. The third-order valence-corrected chi connectivity index (χ3v) is 3.28. The topological polar surface area (TPSA) is 78.6 Å². The zero-order chi connectivity index (χ0) is 13.0. The van der Waals surface area contributed by atoms with Gasteiger partial charge in [0.1, 0.15) is 5.75 Å². The summed E-state index contributed by atoms with van der Waals surface area (Å²) in [5.74, 6) is 0.193. The molecule has 1 aliphatic rings. The number of phenolic OH excluding ortho intramolecular Hbond substituents is 1. The van der Waals surface area contributed by atoms with E-state index in [0.717, 1.165) is 13.1 Å². The maximum Gasteiger partial charge on any atom is 0.227 e. The van der Waals surface area contributed by atoms with Crippen molar-refractivity contribution in [3.63, 3.8) is 0 Å². The van der Waals surface area contributed by atoms with E-state index >= 15 is 0 Å². The molecule has 1 unspecified atom stereocenters. The molecule has 2 rings (SSSR count). The van der Waals surface area contributed by atoms with Crippen molar-refractivity contribution in [3.8, 4) is 5.75 Å². The molecule has 1 atom stereocenters. The number of nitrogens with two attached hydrogens (primary N) is 1. The van der Waals surface area contributed by atoms with E-state index in [0.29, 0.717) is 18.7 Å². The largest absolute Gasteiger partial charge is 0.508 e. The number of aromatic hydroxyl groups is 1. The van der Waals surface area contributed by atoms with E-state index in [9.17, 15) is 9.90 Å². The monoisotopic (exact) mass is 249 g/mol. The Morgan fingerprint density at radius 3 is 3.00 bits per heavy atom. The zero-order valence-corrected chi connectivity index (χ0v) is 10.3. The normalized spacial score (nSPS) is 19.8. The Bertz CT molecular complexity index is 422. The van der Waals surface area contributed by atoms with E-state index in [1.54, 1.807) is 18.2 Å². The SMILES string of the molecule is NCC1CNCCN1C(=O)Cc1ccccc1O. The fourth-order valence-corrected chi connectivity index (χ4v) is 2.22. The minimum absolute atomic E-state index is 0.0217. The molecule has 18 heavy (non-hydrogen) atoms. The Balaban J connectivity index is 2.05. The lowest BCUT2D eigenvalue weighted by Crippen LogP contribution is -2.56. The number of amides is 1. The average Bonchev–Trinajstić information content (AvgIpc) is 2.41. The van der Waals surface area contributed by atoms with Gasteiger partial charge in [-0.05, 0) is 6.07 Å². The molecule has 5 heteroatoms. The summed E-state index contributed by atoms with van der Waals surface area (Å²) in [6.07, 6.45) is 0.225. The molecule has 0 radical (unpaired) electrons. The Hall–Kier alpha value is -1.59. The van der Waals surface area contributed by atoms with E-state index in [2.05, 4.69) is 5.32 Å². The Morgan fingerprint density at radius 1 is 1.50 bits per heavy atom. The van der Waals surface area contributed by atoms with Crippen LogP contribution < -0.4 is 11.1 Å². The van der Waals surface area contributed by atoms with E-state index in [1.807, 2.05) is 11.0 Å². The predicted molar refractivity (Wildman–Crippen MR) is 69.2 cm³/mol. The first kappa shape index (κ1) is 12.9. The maximum absolute atomic E-state index is 12.2. The number of carbonyl (C=O) groups is 1. The van der Waals surface area contributed by atoms with Crippen LogP contribution in [-0.2, 0) is 11.2 Å². The number of rotatable bonds is 3. The lowest BCUT2D eigenvalue weighted by atomic mass is 10.1. The van der Waals surface area contributed by atoms with Gasteiger partial charge in [0.2, 0.25) is 5.91 Å². The lowest BCUT2D eigenvalue weighted by molar-refractivity contribution is -0.133. The molecule has 1 amide bonds. The van der Waals surface area contributed by atoms with E-state index in [-0.39, 0.29) is 24.1 Å². The second kappa shape index (κ2) is 5.84. The molecular formula is C13H19N3O2. The fourth-order valence-electron chi connectivity index (χ4n) is 2.22. The van der Waals surface area contributed by atoms with Gasteiger partial charge in [0.05, 0.1) is 12.5 Å². The molecule has 1 fully saturated rings. The van der Waals surface area contributed by atoms with Crippen LogP contribution in [0.4, 0.5) is 0 Å². The molecule has 0 bridgehead atoms. The Morgan fingerprint density at radius 2 is 2.28 bits per heavy atom. The van der Waals surface area contributed by atoms with Crippen LogP contribution in [0.15, 0.2) is 24.3 Å². The van der Waals surface area contributed by atoms with Gasteiger partial charge in [-0.1, -0.05) is 18.2 Å². The van der Waals surface area contributed by atoms with Crippen molar-refractivity contribution >= 4 is 5.91 Å². The first-order chi connectivity index (χ1) is 8.72. The molecule has 0 aliphatic carbocycles. The van der Waals surface area contributed by atoms with E-state index < -0.39 is 0 Å². The van der Waals surface area contributed by atoms with E-state index in [1.165, 1.54) is 0 Å². The summed E-state index contributed by atoms with van der Waals surface area (Å²) in [6, 6.07) is 6.99. The third-order valence-electron chi connectivity index (χ3n) is 3.28. The molecule has 0 aromatic heterocycles. The zero-order valence-electron chi connectivity index (χ0n) is 10.3. The lowest BCUT2D eigenvalue weighted by Gasteiger charge is -2.35. The molecule has 1 aliphatic heterocycles. The van der Waals surface area contributed by atoms with Crippen molar-refractivity contribution in [1.29, 1.82) is 0 Å². The number of hydrogen-bond donors (Lipinski definition) is 3. The number of phenols is 1. The molecule has 1 aromatic rings. The van der Waals surface area contributed by atoms with E-state index in [4.69, 9.17) is 5.73 Å². The number of carbonyl (C=O) groups excluding carboxylic acids is 1. The van der Waals surface area contributed by atoms with Crippen molar-refractivity contribution < 1.29 is 9.90 Å². The quantitative estimate of drug-likeness (QED) is 0.687. The standard InChI is InChI=1S/C13H19N3O2/c14-8-11-9-15-5-6-16(11)13(18)7-10-3-1-2-4-12(10)17/h1-4,11,15,17H,5-9,14H2. The van der Waals surface area contributed by atoms with Gasteiger partial charge in [0, 0.05) is 31.7 Å². The van der Waals surface area contributed by atoms with Crippen LogP contribution in [0.25, 0.3) is 0 Å². The van der Waals surface area contributed by atoms with Crippen LogP contribution in [0.3, 0.4) is 0 Å². The van der Waals surface area contributed by atoms with Crippen LogP contribution in [-0.4, -0.2) is 48.1 Å². The summed E-state index contributed by atoms with van der Waals surface area (Å²) < 4.78 is 0. The highest BCUT2D eigenvalue weighted by Crippen LogP contribution is 2.17. The fraction of sp³-hybridized carbons (Fsp3) is 0.462. The Kier molecular flexibility index (Phi) is 4.17. The summed E-state index contributed by atoms with van der Waals surface area (Å²) >= 11 is 0. The number of piperazine rings is 1. The van der Waals surface area contributed by atoms with Crippen molar-refractivity contribution in [2.24, 2.45) is 5.73 Å². The van der Waals surface area contributed by atoms with Gasteiger partial charge in [-0.25, -0.2) is 0 Å². The van der Waals surface area contributed by atoms with Gasteiger partial charge < -0.3 is 21.1 Å². The molecule has 1 saturated heterocycles. The summed E-state index contributed by atoms with van der Waals surface area (Å²) in [5.41, 5.74) is 6.34. The summed E-state index contributed by atoms with van der Waals surface area (Å²) in [4.78, 5) is 14.0. The number of benzene rings is 1. The van der Waals surface area contributed by atoms with Crippen molar-refractivity contribution in [1.82, 2.24) is 10.2 Å². The highest BCUT2D eigenvalue weighted by molar-refractivity contribution is 5.80. The second-order valence-electron chi connectivity index (χ2n) is 4.49. The molecule has 0 spiro atoms. The van der Waals surface area contributed by atoms with Crippen LogP contribution in [0.2, 0.25) is 0 Å². The van der Waals surface area contributed by atoms with Crippen molar-refractivity contribution in [3.05, 3.63) is 29.8 Å². The minimum Gasteiger partial charge on any atom is -0.508 e. The van der Waals surface area contributed by atoms with Gasteiger partial charge >= 0.3 is 0 Å². The number of hydrogen-bond acceptors (Lipinski definition) is 4. The van der Waals surface area contributed by atoms with Crippen molar-refractivity contribution in [2.75, 3.05) is 26.2 Å². The molecule has 0 saturated carbocycles. The van der Waals surface area contributed by atoms with Gasteiger partial charge in [-0.2, -0.15) is 0 Å². The van der Waals surface area contributed by atoms with Crippen LogP contribution in [0.5, 0.6) is 5.75 Å². The minimum atomic E-state index is 0.0217. The summed E-state index contributed by atoms with van der Waals surface area (Å²) in [6.45, 7) is 2.67. The van der Waals surface area contributed by atoms with Crippen LogP contribution in [0.1, 0.15) is 5.56 Å². The first-order valence-electron chi connectivity index (χ1n) is 6.19. The molecule has 4 N–H and O–H groups in total. The van der Waals surface area contributed by atoms with Crippen molar-refractivity contribution in [2.45, 2.75) is 12.5 Å². The maximum atomic E-state index is 12.2. The number of nitrogens with one attached hydrogen (secondary N) is 1. The smallest absolute Gasteiger partial charge is 0.227 e. The van der Waals surface area contributed by atoms with Gasteiger partial charge in [-0.15, -0.1) is 0 Å². The van der Waals surface area contributed by atoms with Gasteiger partial charge in [0.15, 0.2) is 0 Å². The first-order valence-corrected chi connectivity index (χ1v) is 6.19. The molecular weight excluding hydrogens is 230 g/mol. The molecule has 1 heterocycles. The second-order valence-corrected chi connectivity index (χ2v) is 4.49. The number of para-hydroxylation sites is 1. The molecule has 98 valence electrons. The Labute approximate surface area is 107 Å². The van der Waals surface area contributed by atoms with Crippen LogP contribution in [0, 0.1) is 0 Å². The van der Waals surface area contributed by atoms with Crippen LogP contribution >= 0.6 is 0 Å². The van der Waals surface area contributed by atoms with Gasteiger partial charge in [-0.3, -0.25) is 4.79 Å². The summed E-state index contributed by atoms with van der Waals surface area (Å²) in [7, 11) is 0. The highest BCUT2D eigenvalue weighted by Gasteiger charge is 2.25.